The number of thioether (sulfide) groups is 1. The molecule has 0 radical (unpaired) electrons. The van der Waals surface area contributed by atoms with Gasteiger partial charge in [-0.05, 0) is 79.7 Å². The minimum Gasteiger partial charge on any atom is -0.459 e. The second-order valence-electron chi connectivity index (χ2n) is 7.77. The molecule has 0 saturated heterocycles. The number of aromatic nitrogens is 1. The number of benzene rings is 3. The highest BCUT2D eigenvalue weighted by molar-refractivity contribution is 8.00. The summed E-state index contributed by atoms with van der Waals surface area (Å²) in [5, 5.41) is 5.39. The van der Waals surface area contributed by atoms with Crippen LogP contribution in [0.3, 0.4) is 0 Å². The molecule has 0 bridgehead atoms. The van der Waals surface area contributed by atoms with Gasteiger partial charge < -0.3 is 19.5 Å². The van der Waals surface area contributed by atoms with Crippen LogP contribution < -0.4 is 10.6 Å². The smallest absolute Gasteiger partial charge is 0.291 e. The lowest BCUT2D eigenvalue weighted by Gasteiger charge is -2.13. The Hall–Kier alpha value is -4.30. The maximum atomic E-state index is 12.7. The molecular formula is C27H21N3O4S. The van der Waals surface area contributed by atoms with E-state index in [1.165, 1.54) is 18.0 Å². The van der Waals surface area contributed by atoms with Crippen LogP contribution in [0.4, 0.5) is 11.4 Å². The molecule has 3 aromatic carbocycles. The topological polar surface area (TPSA) is 97.4 Å². The maximum absolute atomic E-state index is 12.7. The molecule has 5 aromatic rings. The molecule has 7 nitrogen and oxygen atoms in total. The third-order valence-corrected chi connectivity index (χ3v) is 6.34. The van der Waals surface area contributed by atoms with Crippen molar-refractivity contribution < 1.29 is 18.4 Å². The van der Waals surface area contributed by atoms with E-state index >= 15 is 0 Å². The number of carbonyl (C=O) groups is 2. The van der Waals surface area contributed by atoms with E-state index in [2.05, 4.69) is 15.6 Å². The highest BCUT2D eigenvalue weighted by atomic mass is 32.2. The molecule has 2 aromatic heterocycles. The largest absolute Gasteiger partial charge is 0.459 e. The Labute approximate surface area is 205 Å². The molecule has 0 aliphatic carbocycles. The molecule has 2 N–H and O–H groups in total. The Morgan fingerprint density at radius 3 is 2.29 bits per heavy atom. The van der Waals surface area contributed by atoms with Crippen LogP contribution in [0.25, 0.3) is 22.6 Å². The molecule has 0 saturated carbocycles. The van der Waals surface area contributed by atoms with Gasteiger partial charge in [0.1, 0.15) is 5.52 Å². The van der Waals surface area contributed by atoms with Gasteiger partial charge in [0.2, 0.25) is 11.8 Å². The second kappa shape index (κ2) is 9.90. The number of nitrogens with zero attached hydrogens (tertiary/aromatic N) is 1. The van der Waals surface area contributed by atoms with Gasteiger partial charge in [0.15, 0.2) is 11.3 Å². The SMILES string of the molecule is CC(Sc1ccc(NC(=O)c2ccco2)cc1)C(=O)Nc1ccc(-c2nc3ccccc3o2)cc1. The van der Waals surface area contributed by atoms with Gasteiger partial charge in [-0.25, -0.2) is 4.98 Å². The summed E-state index contributed by atoms with van der Waals surface area (Å²) in [6, 6.07) is 25.6. The number of anilines is 2. The lowest BCUT2D eigenvalue weighted by atomic mass is 10.2. The third-order valence-electron chi connectivity index (χ3n) is 5.23. The van der Waals surface area contributed by atoms with Crippen molar-refractivity contribution in [3.8, 4) is 11.5 Å². The molecule has 1 unspecified atom stereocenters. The van der Waals surface area contributed by atoms with Gasteiger partial charge in [-0.2, -0.15) is 0 Å². The Morgan fingerprint density at radius 2 is 1.57 bits per heavy atom. The normalized spacial score (nSPS) is 11.8. The fraction of sp³-hybridized carbons (Fsp3) is 0.0741. The van der Waals surface area contributed by atoms with E-state index in [-0.39, 0.29) is 22.8 Å². The summed E-state index contributed by atoms with van der Waals surface area (Å²) in [7, 11) is 0. The van der Waals surface area contributed by atoms with E-state index in [1.807, 2.05) is 67.6 Å². The van der Waals surface area contributed by atoms with Gasteiger partial charge in [0, 0.05) is 21.8 Å². The van der Waals surface area contributed by atoms with Crippen molar-refractivity contribution in [3.63, 3.8) is 0 Å². The Kier molecular flexibility index (Phi) is 6.36. The summed E-state index contributed by atoms with van der Waals surface area (Å²) in [6.45, 7) is 1.85. The quantitative estimate of drug-likeness (QED) is 0.258. The van der Waals surface area contributed by atoms with E-state index in [0.29, 0.717) is 17.3 Å². The zero-order chi connectivity index (χ0) is 24.2. The number of carbonyl (C=O) groups excluding carboxylic acids is 2. The Bertz CT molecular complexity index is 1430. The number of nitrogens with one attached hydrogen (secondary N) is 2. The average Bonchev–Trinajstić information content (AvgIpc) is 3.56. The number of fused-ring (bicyclic) bond motifs is 1. The van der Waals surface area contributed by atoms with Crippen molar-refractivity contribution in [2.45, 2.75) is 17.1 Å². The van der Waals surface area contributed by atoms with Gasteiger partial charge in [-0.15, -0.1) is 11.8 Å². The number of furan rings is 1. The van der Waals surface area contributed by atoms with E-state index in [1.54, 1.807) is 24.3 Å². The number of rotatable bonds is 7. The Balaban J connectivity index is 1.16. The minimum absolute atomic E-state index is 0.111. The number of hydrogen-bond acceptors (Lipinski definition) is 6. The Morgan fingerprint density at radius 1 is 0.857 bits per heavy atom. The first-order valence-electron chi connectivity index (χ1n) is 10.9. The molecule has 0 fully saturated rings. The van der Waals surface area contributed by atoms with Crippen LogP contribution >= 0.6 is 11.8 Å². The van der Waals surface area contributed by atoms with Crippen molar-refractivity contribution in [2.24, 2.45) is 0 Å². The molecule has 5 rings (SSSR count). The van der Waals surface area contributed by atoms with E-state index < -0.39 is 0 Å². The van der Waals surface area contributed by atoms with E-state index in [4.69, 9.17) is 8.83 Å². The third kappa shape index (κ3) is 5.28. The summed E-state index contributed by atoms with van der Waals surface area (Å²) < 4.78 is 10.9. The van der Waals surface area contributed by atoms with Gasteiger partial charge >= 0.3 is 0 Å². The first-order chi connectivity index (χ1) is 17.0. The van der Waals surface area contributed by atoms with Crippen molar-refractivity contribution in [3.05, 3.63) is 97.0 Å². The first-order valence-corrected chi connectivity index (χ1v) is 11.8. The van der Waals surface area contributed by atoms with E-state index in [9.17, 15) is 9.59 Å². The van der Waals surface area contributed by atoms with Gasteiger partial charge in [0.05, 0.1) is 11.5 Å². The van der Waals surface area contributed by atoms with Crippen LogP contribution in [-0.4, -0.2) is 22.0 Å². The molecule has 2 heterocycles. The van der Waals surface area contributed by atoms with Crippen molar-refractivity contribution in [1.29, 1.82) is 0 Å². The average molecular weight is 484 g/mol. The van der Waals surface area contributed by atoms with Gasteiger partial charge in [0.25, 0.3) is 5.91 Å². The van der Waals surface area contributed by atoms with Crippen LogP contribution in [0.5, 0.6) is 0 Å². The van der Waals surface area contributed by atoms with Crippen LogP contribution in [-0.2, 0) is 4.79 Å². The lowest BCUT2D eigenvalue weighted by Crippen LogP contribution is -2.22. The molecule has 1 atom stereocenters. The monoisotopic (exact) mass is 483 g/mol. The fourth-order valence-corrected chi connectivity index (χ4v) is 4.28. The fourth-order valence-electron chi connectivity index (χ4n) is 3.41. The first kappa shape index (κ1) is 22.5. The highest BCUT2D eigenvalue weighted by Crippen LogP contribution is 2.27. The summed E-state index contributed by atoms with van der Waals surface area (Å²) >= 11 is 1.43. The standard InChI is InChI=1S/C27H21N3O4S/c1-17(35-21-14-12-20(13-15-21)29-26(32)24-7-4-16-33-24)25(31)28-19-10-8-18(9-11-19)27-30-22-5-2-3-6-23(22)34-27/h2-17H,1H3,(H,28,31)(H,29,32). The summed E-state index contributed by atoms with van der Waals surface area (Å²) in [5.41, 5.74) is 3.71. The van der Waals surface area contributed by atoms with Crippen LogP contribution in [0, 0.1) is 0 Å². The summed E-state index contributed by atoms with van der Waals surface area (Å²) in [5.74, 6) is 0.359. The molecule has 35 heavy (non-hydrogen) atoms. The molecule has 0 spiro atoms. The molecule has 0 aliphatic rings. The van der Waals surface area contributed by atoms with Crippen LogP contribution in [0.15, 0.2) is 105 Å². The maximum Gasteiger partial charge on any atom is 0.291 e. The van der Waals surface area contributed by atoms with Crippen molar-refractivity contribution >= 4 is 46.1 Å². The lowest BCUT2D eigenvalue weighted by molar-refractivity contribution is -0.115. The van der Waals surface area contributed by atoms with Crippen LogP contribution in [0.1, 0.15) is 17.5 Å². The summed E-state index contributed by atoms with van der Waals surface area (Å²) in [6.07, 6.45) is 1.45. The second-order valence-corrected chi connectivity index (χ2v) is 9.18. The predicted octanol–water partition coefficient (Wildman–Crippen LogP) is 6.46. The van der Waals surface area contributed by atoms with Crippen molar-refractivity contribution in [2.75, 3.05) is 10.6 Å². The number of para-hydroxylation sites is 2. The predicted molar refractivity (Wildman–Crippen MR) is 136 cm³/mol. The van der Waals surface area contributed by atoms with E-state index in [0.717, 1.165) is 21.6 Å². The molecule has 0 aliphatic heterocycles. The van der Waals surface area contributed by atoms with Crippen molar-refractivity contribution in [1.82, 2.24) is 4.98 Å². The minimum atomic E-state index is -0.324. The van der Waals surface area contributed by atoms with Crippen LogP contribution in [0.2, 0.25) is 0 Å². The summed E-state index contributed by atoms with van der Waals surface area (Å²) in [4.78, 5) is 30.2. The number of oxazole rings is 1. The van der Waals surface area contributed by atoms with Gasteiger partial charge in [-0.1, -0.05) is 12.1 Å². The molecule has 174 valence electrons. The number of amides is 2. The zero-order valence-electron chi connectivity index (χ0n) is 18.7. The zero-order valence-corrected chi connectivity index (χ0v) is 19.5. The van der Waals surface area contributed by atoms with Gasteiger partial charge in [-0.3, -0.25) is 9.59 Å². The highest BCUT2D eigenvalue weighted by Gasteiger charge is 2.16. The molecule has 2 amide bonds. The molecule has 8 heteroatoms. The molecular weight excluding hydrogens is 462 g/mol. The number of hydrogen-bond donors (Lipinski definition) is 2.